The Morgan fingerprint density at radius 1 is 1.23 bits per heavy atom. The second-order valence-electron chi connectivity index (χ2n) is 6.83. The molecule has 3 N–H and O–H groups in total. The molecule has 0 atom stereocenters. The topological polar surface area (TPSA) is 65.4 Å². The molecule has 0 radical (unpaired) electrons. The number of nitrogens with zero attached hydrogens (tertiary/aromatic N) is 2. The predicted octanol–water partition coefficient (Wildman–Crippen LogP) is 1.66. The Hall–Kier alpha value is -1.85. The van der Waals surface area contributed by atoms with E-state index in [1.807, 2.05) is 49.1 Å². The molecule has 0 spiro atoms. The van der Waals surface area contributed by atoms with Crippen molar-refractivity contribution in [2.45, 2.75) is 19.4 Å². The standard InChI is InChI=1S/C17H24N4O/c1-17(2,18)12-20-7-9-21(10-8-20)16(22)15-11-13-5-3-4-6-14(13)19-15/h3-6,11,19H,7-10,12,18H2,1-2H3. The molecule has 0 unspecified atom stereocenters. The van der Waals surface area contributed by atoms with E-state index in [0.717, 1.165) is 43.6 Å². The zero-order chi connectivity index (χ0) is 15.7. The second-order valence-corrected chi connectivity index (χ2v) is 6.83. The molecule has 2 aromatic rings. The van der Waals surface area contributed by atoms with E-state index in [1.165, 1.54) is 0 Å². The molecule has 0 aliphatic carbocycles. The minimum atomic E-state index is -0.191. The van der Waals surface area contributed by atoms with Gasteiger partial charge >= 0.3 is 0 Å². The van der Waals surface area contributed by atoms with Gasteiger partial charge in [0.2, 0.25) is 0 Å². The molecule has 1 amide bonds. The monoisotopic (exact) mass is 300 g/mol. The van der Waals surface area contributed by atoms with Crippen LogP contribution in [0.25, 0.3) is 10.9 Å². The number of H-pyrrole nitrogens is 1. The van der Waals surface area contributed by atoms with E-state index in [9.17, 15) is 4.79 Å². The summed E-state index contributed by atoms with van der Waals surface area (Å²) in [7, 11) is 0. The van der Waals surface area contributed by atoms with Gasteiger partial charge in [0.05, 0.1) is 0 Å². The molecule has 0 saturated carbocycles. The quantitative estimate of drug-likeness (QED) is 0.906. The van der Waals surface area contributed by atoms with Gasteiger partial charge < -0.3 is 15.6 Å². The number of nitrogens with two attached hydrogens (primary N) is 1. The molecular weight excluding hydrogens is 276 g/mol. The van der Waals surface area contributed by atoms with Gasteiger partial charge in [-0.3, -0.25) is 9.69 Å². The van der Waals surface area contributed by atoms with E-state index in [-0.39, 0.29) is 11.4 Å². The van der Waals surface area contributed by atoms with Crippen LogP contribution in [-0.4, -0.2) is 59.0 Å². The lowest BCUT2D eigenvalue weighted by Gasteiger charge is -2.37. The van der Waals surface area contributed by atoms with Crippen LogP contribution in [0.2, 0.25) is 0 Å². The number of aromatic nitrogens is 1. The fourth-order valence-electron chi connectivity index (χ4n) is 3.04. The van der Waals surface area contributed by atoms with Crippen molar-refractivity contribution in [2.75, 3.05) is 32.7 Å². The Kier molecular flexibility index (Phi) is 3.93. The first kappa shape index (κ1) is 15.1. The summed E-state index contributed by atoms with van der Waals surface area (Å²) in [6.07, 6.45) is 0. The van der Waals surface area contributed by atoms with Crippen LogP contribution in [0, 0.1) is 0 Å². The zero-order valence-electron chi connectivity index (χ0n) is 13.3. The van der Waals surface area contributed by atoms with Crippen molar-refractivity contribution in [2.24, 2.45) is 5.73 Å². The van der Waals surface area contributed by atoms with E-state index < -0.39 is 0 Å². The van der Waals surface area contributed by atoms with Crippen molar-refractivity contribution >= 4 is 16.8 Å². The first-order valence-electron chi connectivity index (χ1n) is 7.81. The van der Waals surface area contributed by atoms with Gasteiger partial charge in [-0.05, 0) is 26.0 Å². The third-order valence-electron chi connectivity index (χ3n) is 4.05. The van der Waals surface area contributed by atoms with Crippen LogP contribution in [0.15, 0.2) is 30.3 Å². The summed E-state index contributed by atoms with van der Waals surface area (Å²) in [4.78, 5) is 20.1. The van der Waals surface area contributed by atoms with Crippen molar-refractivity contribution in [3.05, 3.63) is 36.0 Å². The third kappa shape index (κ3) is 3.31. The van der Waals surface area contributed by atoms with Crippen molar-refractivity contribution in [1.29, 1.82) is 0 Å². The van der Waals surface area contributed by atoms with Gasteiger partial charge in [0, 0.05) is 49.2 Å². The highest BCUT2D eigenvalue weighted by Crippen LogP contribution is 2.17. The minimum absolute atomic E-state index is 0.0860. The summed E-state index contributed by atoms with van der Waals surface area (Å²) in [5, 5.41) is 1.08. The lowest BCUT2D eigenvalue weighted by molar-refractivity contribution is 0.0611. The smallest absolute Gasteiger partial charge is 0.270 e. The van der Waals surface area contributed by atoms with Gasteiger partial charge in [-0.1, -0.05) is 18.2 Å². The van der Waals surface area contributed by atoms with Crippen LogP contribution in [0.4, 0.5) is 0 Å². The highest BCUT2D eigenvalue weighted by Gasteiger charge is 2.25. The summed E-state index contributed by atoms with van der Waals surface area (Å²) in [6, 6.07) is 9.91. The molecule has 1 aliphatic rings. The summed E-state index contributed by atoms with van der Waals surface area (Å²) >= 11 is 0. The van der Waals surface area contributed by atoms with Gasteiger partial charge in [0.15, 0.2) is 0 Å². The summed E-state index contributed by atoms with van der Waals surface area (Å²) in [5.74, 6) is 0.0860. The van der Waals surface area contributed by atoms with Crippen molar-refractivity contribution in [3.8, 4) is 0 Å². The molecule has 0 bridgehead atoms. The molecule has 22 heavy (non-hydrogen) atoms. The number of fused-ring (bicyclic) bond motifs is 1. The lowest BCUT2D eigenvalue weighted by Crippen LogP contribution is -2.54. The molecule has 1 fully saturated rings. The van der Waals surface area contributed by atoms with Crippen LogP contribution >= 0.6 is 0 Å². The highest BCUT2D eigenvalue weighted by atomic mass is 16.2. The van der Waals surface area contributed by atoms with Crippen molar-refractivity contribution < 1.29 is 4.79 Å². The number of aromatic amines is 1. The fraction of sp³-hybridized carbons (Fsp3) is 0.471. The van der Waals surface area contributed by atoms with E-state index in [0.29, 0.717) is 5.69 Å². The zero-order valence-corrected chi connectivity index (χ0v) is 13.3. The number of piperazine rings is 1. The van der Waals surface area contributed by atoms with E-state index in [4.69, 9.17) is 5.73 Å². The Morgan fingerprint density at radius 2 is 1.91 bits per heavy atom. The number of nitrogens with one attached hydrogen (secondary N) is 1. The molecule has 1 aliphatic heterocycles. The largest absolute Gasteiger partial charge is 0.351 e. The number of carbonyl (C=O) groups is 1. The Bertz CT molecular complexity index is 630. The number of benzene rings is 1. The van der Waals surface area contributed by atoms with Crippen LogP contribution in [-0.2, 0) is 0 Å². The van der Waals surface area contributed by atoms with Gasteiger partial charge in [-0.2, -0.15) is 0 Å². The fourth-order valence-corrected chi connectivity index (χ4v) is 3.04. The maximum Gasteiger partial charge on any atom is 0.270 e. The molecule has 1 saturated heterocycles. The second kappa shape index (κ2) is 5.74. The maximum atomic E-state index is 12.6. The molecular formula is C17H24N4O. The van der Waals surface area contributed by atoms with Crippen molar-refractivity contribution in [3.63, 3.8) is 0 Å². The van der Waals surface area contributed by atoms with Gasteiger partial charge in [0.1, 0.15) is 5.69 Å². The van der Waals surface area contributed by atoms with Gasteiger partial charge in [-0.25, -0.2) is 0 Å². The van der Waals surface area contributed by atoms with Gasteiger partial charge in [0.25, 0.3) is 5.91 Å². The van der Waals surface area contributed by atoms with Crippen molar-refractivity contribution in [1.82, 2.24) is 14.8 Å². The lowest BCUT2D eigenvalue weighted by atomic mass is 10.1. The highest BCUT2D eigenvalue weighted by molar-refractivity contribution is 5.98. The number of rotatable bonds is 3. The summed E-state index contributed by atoms with van der Waals surface area (Å²) in [6.45, 7) is 8.21. The van der Waals surface area contributed by atoms with E-state index in [2.05, 4.69) is 9.88 Å². The molecule has 5 nitrogen and oxygen atoms in total. The van der Waals surface area contributed by atoms with E-state index in [1.54, 1.807) is 0 Å². The third-order valence-corrected chi connectivity index (χ3v) is 4.05. The Balaban J connectivity index is 1.64. The minimum Gasteiger partial charge on any atom is -0.351 e. The van der Waals surface area contributed by atoms with Crippen LogP contribution in [0.3, 0.4) is 0 Å². The molecule has 1 aromatic heterocycles. The Morgan fingerprint density at radius 3 is 2.55 bits per heavy atom. The number of carbonyl (C=O) groups excluding carboxylic acids is 1. The maximum absolute atomic E-state index is 12.6. The first-order chi connectivity index (χ1) is 10.4. The van der Waals surface area contributed by atoms with Gasteiger partial charge in [-0.15, -0.1) is 0 Å². The number of para-hydroxylation sites is 1. The molecule has 1 aromatic carbocycles. The average molecular weight is 300 g/mol. The number of hydrogen-bond acceptors (Lipinski definition) is 3. The average Bonchev–Trinajstić information content (AvgIpc) is 2.89. The SMILES string of the molecule is CC(C)(N)CN1CCN(C(=O)c2cc3ccccc3[nH]2)CC1. The van der Waals surface area contributed by atoms with Crippen LogP contribution < -0.4 is 5.73 Å². The Labute approximate surface area is 131 Å². The molecule has 3 rings (SSSR count). The summed E-state index contributed by atoms with van der Waals surface area (Å²) in [5.41, 5.74) is 7.56. The molecule has 2 heterocycles. The normalized spacial score (nSPS) is 17.1. The van der Waals surface area contributed by atoms with E-state index >= 15 is 0 Å². The van der Waals surface area contributed by atoms with Crippen LogP contribution in [0.1, 0.15) is 24.3 Å². The predicted molar refractivity (Wildman–Crippen MR) is 88.9 cm³/mol. The number of amides is 1. The molecule has 118 valence electrons. The van der Waals surface area contributed by atoms with Crippen LogP contribution in [0.5, 0.6) is 0 Å². The first-order valence-corrected chi connectivity index (χ1v) is 7.81. The summed E-state index contributed by atoms with van der Waals surface area (Å²) < 4.78 is 0. The number of hydrogen-bond donors (Lipinski definition) is 2. The molecule has 5 heteroatoms.